The van der Waals surface area contributed by atoms with Gasteiger partial charge in [0.25, 0.3) is 0 Å². The first-order valence-corrected chi connectivity index (χ1v) is 25.2. The third kappa shape index (κ3) is 43.7. The number of hydrogen-bond donors (Lipinski definition) is 3. The van der Waals surface area contributed by atoms with Crippen LogP contribution in [-0.4, -0.2) is 34.9 Å². The number of aliphatic hydroxyl groups excluding tert-OH is 2. The summed E-state index contributed by atoms with van der Waals surface area (Å²) in [6, 6.07) is -0.542. The summed E-state index contributed by atoms with van der Waals surface area (Å²) in [5.74, 6) is -0.0395. The third-order valence-electron chi connectivity index (χ3n) is 11.7. The van der Waals surface area contributed by atoms with Gasteiger partial charge in [0.1, 0.15) is 0 Å². The van der Waals surface area contributed by atoms with Crippen molar-refractivity contribution in [1.29, 1.82) is 0 Å². The third-order valence-corrected chi connectivity index (χ3v) is 11.7. The highest BCUT2D eigenvalue weighted by molar-refractivity contribution is 5.76. The van der Waals surface area contributed by atoms with Gasteiger partial charge in [-0.2, -0.15) is 0 Å². The summed E-state index contributed by atoms with van der Waals surface area (Å²) < 4.78 is 0. The Morgan fingerprint density at radius 2 is 0.786 bits per heavy atom. The fourth-order valence-electron chi connectivity index (χ4n) is 7.85. The molecule has 1 amide bonds. The molecule has 0 fully saturated rings. The Bertz CT molecular complexity index is 851. The van der Waals surface area contributed by atoms with Crippen molar-refractivity contribution < 1.29 is 15.0 Å². The predicted molar refractivity (Wildman–Crippen MR) is 248 cm³/mol. The van der Waals surface area contributed by atoms with Crippen LogP contribution >= 0.6 is 0 Å². The molecule has 0 bridgehead atoms. The molecule has 0 rings (SSSR count). The summed E-state index contributed by atoms with van der Waals surface area (Å²) in [6.45, 7) is 4.26. The lowest BCUT2D eigenvalue weighted by Crippen LogP contribution is -2.45. The Labute approximate surface area is 351 Å². The summed E-state index contributed by atoms with van der Waals surface area (Å²) in [5, 5.41) is 23.3. The van der Waals surface area contributed by atoms with Crippen LogP contribution in [-0.2, 0) is 4.79 Å². The lowest BCUT2D eigenvalue weighted by Gasteiger charge is -2.22. The molecule has 0 aromatic carbocycles. The first-order valence-electron chi connectivity index (χ1n) is 25.2. The molecule has 0 saturated carbocycles. The fraction of sp³-hybridized carbons (Fsp3) is 0.865. The van der Waals surface area contributed by atoms with E-state index in [1.165, 1.54) is 199 Å². The summed E-state index contributed by atoms with van der Waals surface area (Å²) in [4.78, 5) is 12.4. The number of unbranched alkanes of at least 4 members (excludes halogenated alkanes) is 33. The smallest absolute Gasteiger partial charge is 0.220 e. The highest BCUT2D eigenvalue weighted by Crippen LogP contribution is 2.17. The van der Waals surface area contributed by atoms with Crippen molar-refractivity contribution in [3.05, 3.63) is 36.5 Å². The minimum Gasteiger partial charge on any atom is -0.394 e. The summed E-state index contributed by atoms with van der Waals surface area (Å²) in [5.41, 5.74) is 0. The van der Waals surface area contributed by atoms with Gasteiger partial charge in [-0.25, -0.2) is 0 Å². The van der Waals surface area contributed by atoms with Crippen LogP contribution in [0, 0.1) is 0 Å². The maximum Gasteiger partial charge on any atom is 0.220 e. The van der Waals surface area contributed by atoms with Gasteiger partial charge in [-0.1, -0.05) is 256 Å². The standard InChI is InChI=1S/C52H99NO3/c1-3-5-7-9-11-13-15-17-19-21-22-23-24-25-26-27-28-29-30-32-33-35-37-39-41-43-45-47-51(55)50(49-54)53-52(56)48-46-44-42-40-38-36-34-31-20-18-16-14-12-10-8-6-4-2/h6,8,12,14,18,20,50-51,54-55H,3-5,7,9-11,13,15-17,19,21-49H2,1-2H3,(H,53,56)/b8-6-,14-12-,20-18-. The van der Waals surface area contributed by atoms with Crippen LogP contribution in [0.2, 0.25) is 0 Å². The van der Waals surface area contributed by atoms with Crippen molar-refractivity contribution in [3.8, 4) is 0 Å². The average molecular weight is 786 g/mol. The second kappa shape index (κ2) is 48.0. The molecule has 330 valence electrons. The van der Waals surface area contributed by atoms with Gasteiger partial charge >= 0.3 is 0 Å². The van der Waals surface area contributed by atoms with Gasteiger partial charge < -0.3 is 15.5 Å². The molecule has 0 radical (unpaired) electrons. The van der Waals surface area contributed by atoms with Crippen molar-refractivity contribution in [2.45, 2.75) is 283 Å². The normalized spacial score (nSPS) is 13.1. The SMILES string of the molecule is CC/C=C\C/C=C\C/C=C\CCCCCCCCCC(=O)NC(CO)C(O)CCCCCCCCCCCCCCCCCCCCCCCCCCCCC. The first-order chi connectivity index (χ1) is 27.7. The van der Waals surface area contributed by atoms with E-state index < -0.39 is 12.1 Å². The minimum atomic E-state index is -0.664. The molecule has 4 nitrogen and oxygen atoms in total. The van der Waals surface area contributed by atoms with E-state index in [2.05, 4.69) is 55.6 Å². The zero-order valence-corrected chi connectivity index (χ0v) is 37.9. The van der Waals surface area contributed by atoms with E-state index >= 15 is 0 Å². The van der Waals surface area contributed by atoms with Crippen LogP contribution in [0.4, 0.5) is 0 Å². The van der Waals surface area contributed by atoms with Crippen molar-refractivity contribution in [2.24, 2.45) is 0 Å². The van der Waals surface area contributed by atoms with Crippen LogP contribution in [0.1, 0.15) is 271 Å². The number of allylic oxidation sites excluding steroid dienone is 6. The van der Waals surface area contributed by atoms with Crippen molar-refractivity contribution in [1.82, 2.24) is 5.32 Å². The van der Waals surface area contributed by atoms with E-state index in [9.17, 15) is 15.0 Å². The molecule has 2 atom stereocenters. The Morgan fingerprint density at radius 1 is 0.446 bits per heavy atom. The molecular weight excluding hydrogens is 687 g/mol. The minimum absolute atomic E-state index is 0.0395. The monoisotopic (exact) mass is 786 g/mol. The van der Waals surface area contributed by atoms with E-state index in [0.717, 1.165) is 44.9 Å². The topological polar surface area (TPSA) is 69.6 Å². The van der Waals surface area contributed by atoms with Crippen LogP contribution < -0.4 is 5.32 Å². The van der Waals surface area contributed by atoms with E-state index in [1.807, 2.05) is 0 Å². The maximum atomic E-state index is 12.4. The molecular formula is C52H99NO3. The first kappa shape index (κ1) is 54.6. The number of aliphatic hydroxyl groups is 2. The molecule has 4 heteroatoms. The van der Waals surface area contributed by atoms with Crippen molar-refractivity contribution in [2.75, 3.05) is 6.61 Å². The Hall–Kier alpha value is -1.39. The highest BCUT2D eigenvalue weighted by Gasteiger charge is 2.20. The fourth-order valence-corrected chi connectivity index (χ4v) is 7.85. The second-order valence-electron chi connectivity index (χ2n) is 17.2. The van der Waals surface area contributed by atoms with E-state index in [-0.39, 0.29) is 12.5 Å². The molecule has 0 aliphatic rings. The largest absolute Gasteiger partial charge is 0.394 e. The van der Waals surface area contributed by atoms with Gasteiger partial charge in [-0.05, 0) is 44.9 Å². The second-order valence-corrected chi connectivity index (χ2v) is 17.2. The molecule has 3 N–H and O–H groups in total. The zero-order chi connectivity index (χ0) is 40.7. The molecule has 56 heavy (non-hydrogen) atoms. The summed E-state index contributed by atoms with van der Waals surface area (Å²) >= 11 is 0. The molecule has 0 aromatic rings. The summed E-state index contributed by atoms with van der Waals surface area (Å²) in [7, 11) is 0. The molecule has 0 aliphatic carbocycles. The molecule has 2 unspecified atom stereocenters. The van der Waals surface area contributed by atoms with Gasteiger partial charge in [0, 0.05) is 6.42 Å². The molecule has 0 spiro atoms. The lowest BCUT2D eigenvalue weighted by molar-refractivity contribution is -0.123. The van der Waals surface area contributed by atoms with Gasteiger partial charge in [0.05, 0.1) is 18.8 Å². The van der Waals surface area contributed by atoms with Crippen molar-refractivity contribution >= 4 is 5.91 Å². The van der Waals surface area contributed by atoms with Crippen LogP contribution in [0.25, 0.3) is 0 Å². The number of rotatable bonds is 46. The maximum absolute atomic E-state index is 12.4. The molecule has 0 saturated heterocycles. The molecule has 0 aliphatic heterocycles. The Morgan fingerprint density at radius 3 is 1.18 bits per heavy atom. The number of nitrogens with one attached hydrogen (secondary N) is 1. The van der Waals surface area contributed by atoms with Gasteiger partial charge in [0.2, 0.25) is 5.91 Å². The van der Waals surface area contributed by atoms with E-state index in [4.69, 9.17) is 0 Å². The van der Waals surface area contributed by atoms with Gasteiger partial charge in [0.15, 0.2) is 0 Å². The number of carbonyl (C=O) groups excluding carboxylic acids is 1. The van der Waals surface area contributed by atoms with Crippen LogP contribution in [0.15, 0.2) is 36.5 Å². The molecule has 0 heterocycles. The van der Waals surface area contributed by atoms with E-state index in [1.54, 1.807) is 0 Å². The highest BCUT2D eigenvalue weighted by atomic mass is 16.3. The molecule has 0 aromatic heterocycles. The Kier molecular flexibility index (Phi) is 46.8. The average Bonchev–Trinajstić information content (AvgIpc) is 3.20. The van der Waals surface area contributed by atoms with Gasteiger partial charge in [-0.3, -0.25) is 4.79 Å². The van der Waals surface area contributed by atoms with Crippen LogP contribution in [0.3, 0.4) is 0 Å². The predicted octanol–water partition coefficient (Wildman–Crippen LogP) is 16.1. The lowest BCUT2D eigenvalue weighted by atomic mass is 10.0. The van der Waals surface area contributed by atoms with Crippen molar-refractivity contribution in [3.63, 3.8) is 0 Å². The Balaban J connectivity index is 3.45. The number of carbonyl (C=O) groups is 1. The quantitative estimate of drug-likeness (QED) is 0.0425. The number of amides is 1. The van der Waals surface area contributed by atoms with E-state index in [0.29, 0.717) is 12.8 Å². The number of hydrogen-bond acceptors (Lipinski definition) is 3. The summed E-state index contributed by atoms with van der Waals surface area (Å²) in [6.07, 6.45) is 64.0. The van der Waals surface area contributed by atoms with Crippen LogP contribution in [0.5, 0.6) is 0 Å². The van der Waals surface area contributed by atoms with Gasteiger partial charge in [-0.15, -0.1) is 0 Å². The zero-order valence-electron chi connectivity index (χ0n) is 37.9.